The summed E-state index contributed by atoms with van der Waals surface area (Å²) < 4.78 is 0.897. The monoisotopic (exact) mass is 179 g/mol. The fourth-order valence-corrected chi connectivity index (χ4v) is 1.62. The quantitative estimate of drug-likeness (QED) is 0.505. The Labute approximate surface area is 81.0 Å². The molecular weight excluding hydrogens is 160 g/mol. The number of benzene rings is 1. The van der Waals surface area contributed by atoms with Gasteiger partial charge in [-0.1, -0.05) is 18.2 Å². The largest absolute Gasteiger partial charge is 0.283 e. The summed E-state index contributed by atoms with van der Waals surface area (Å²) in [6.45, 7) is 1.02. The molecule has 0 heterocycles. The first-order valence-electron chi connectivity index (χ1n) is 4.56. The zero-order chi connectivity index (χ0) is 9.90. The van der Waals surface area contributed by atoms with Gasteiger partial charge in [-0.15, -0.1) is 0 Å². The summed E-state index contributed by atoms with van der Waals surface area (Å²) in [5.74, 6) is 0. The molecule has 2 nitrogen and oxygen atoms in total. The first-order valence-corrected chi connectivity index (χ1v) is 4.56. The molecule has 0 aliphatic rings. The van der Waals surface area contributed by atoms with Crippen molar-refractivity contribution in [1.82, 2.24) is 9.38 Å². The molecule has 0 aliphatic heterocycles. The van der Waals surface area contributed by atoms with Crippen LogP contribution in [-0.2, 0) is 0 Å². The van der Waals surface area contributed by atoms with Crippen LogP contribution in [0.15, 0.2) is 30.3 Å². The normalized spacial score (nSPS) is 12.1. The van der Waals surface area contributed by atoms with Crippen LogP contribution in [0, 0.1) is 0 Å². The Morgan fingerprint density at radius 1 is 1.08 bits per heavy atom. The van der Waals surface area contributed by atoms with Gasteiger partial charge >= 0.3 is 0 Å². The van der Waals surface area contributed by atoms with Gasteiger partial charge in [-0.05, 0) is 26.2 Å². The van der Waals surface area contributed by atoms with Gasteiger partial charge in [0, 0.05) is 0 Å². The molecule has 0 radical (unpaired) electrons. The summed E-state index contributed by atoms with van der Waals surface area (Å²) in [6, 6.07) is 10.6. The van der Waals surface area contributed by atoms with E-state index in [1.165, 1.54) is 5.69 Å². The molecular formula is C11H19N2+. The van der Waals surface area contributed by atoms with E-state index in [9.17, 15) is 0 Å². The molecule has 0 fully saturated rings. The highest BCUT2D eigenvalue weighted by atomic mass is 15.4. The van der Waals surface area contributed by atoms with E-state index >= 15 is 0 Å². The van der Waals surface area contributed by atoms with Gasteiger partial charge in [0.05, 0.1) is 14.1 Å². The smallest absolute Gasteiger partial charge is 0.138 e. The lowest BCUT2D eigenvalue weighted by molar-refractivity contribution is 0.245. The van der Waals surface area contributed by atoms with Crippen molar-refractivity contribution in [2.75, 3.05) is 34.9 Å². The van der Waals surface area contributed by atoms with E-state index < -0.39 is 0 Å². The van der Waals surface area contributed by atoms with Crippen molar-refractivity contribution in [2.24, 2.45) is 0 Å². The van der Waals surface area contributed by atoms with Crippen LogP contribution in [0.2, 0.25) is 0 Å². The SMILES string of the molecule is CN(C)C[N+](C)(C)c1ccccc1. The van der Waals surface area contributed by atoms with E-state index in [4.69, 9.17) is 0 Å². The Kier molecular flexibility index (Phi) is 3.07. The van der Waals surface area contributed by atoms with Crippen LogP contribution in [0.5, 0.6) is 0 Å². The summed E-state index contributed by atoms with van der Waals surface area (Å²) in [7, 11) is 8.64. The van der Waals surface area contributed by atoms with E-state index in [1.807, 2.05) is 0 Å². The van der Waals surface area contributed by atoms with E-state index in [1.54, 1.807) is 0 Å². The minimum Gasteiger partial charge on any atom is -0.283 e. The molecule has 0 saturated heterocycles. The standard InChI is InChI=1S/C11H19N2/c1-12(2)10-13(3,4)11-8-6-5-7-9-11/h5-9H,10H2,1-4H3/q+1. The van der Waals surface area contributed by atoms with Crippen LogP contribution in [0.1, 0.15) is 0 Å². The number of quaternary nitrogens is 1. The molecule has 0 aliphatic carbocycles. The molecule has 0 unspecified atom stereocenters. The second kappa shape index (κ2) is 3.90. The van der Waals surface area contributed by atoms with Gasteiger partial charge in [0.1, 0.15) is 12.4 Å². The first kappa shape index (κ1) is 10.2. The summed E-state index contributed by atoms with van der Waals surface area (Å²) in [5, 5.41) is 0. The van der Waals surface area contributed by atoms with Crippen LogP contribution in [-0.4, -0.2) is 39.8 Å². The second-order valence-electron chi connectivity index (χ2n) is 4.24. The van der Waals surface area contributed by atoms with Gasteiger partial charge in [-0.2, -0.15) is 0 Å². The van der Waals surface area contributed by atoms with Crippen LogP contribution < -0.4 is 4.48 Å². The predicted octanol–water partition coefficient (Wildman–Crippen LogP) is 1.77. The maximum atomic E-state index is 2.22. The molecule has 0 atom stereocenters. The van der Waals surface area contributed by atoms with Crippen LogP contribution in [0.4, 0.5) is 5.69 Å². The molecule has 0 aromatic heterocycles. The molecule has 0 amide bonds. The number of hydrogen-bond donors (Lipinski definition) is 0. The van der Waals surface area contributed by atoms with Crippen LogP contribution in [0.25, 0.3) is 0 Å². The zero-order valence-electron chi connectivity index (χ0n) is 8.99. The van der Waals surface area contributed by atoms with Gasteiger partial charge < -0.3 is 0 Å². The predicted molar refractivity (Wildman–Crippen MR) is 58.6 cm³/mol. The van der Waals surface area contributed by atoms with E-state index in [-0.39, 0.29) is 0 Å². The maximum absolute atomic E-state index is 2.22. The average molecular weight is 179 g/mol. The molecule has 72 valence electrons. The summed E-state index contributed by atoms with van der Waals surface area (Å²) in [5.41, 5.74) is 1.34. The third-order valence-electron chi connectivity index (χ3n) is 2.09. The molecule has 1 aromatic carbocycles. The Bertz CT molecular complexity index is 252. The Hall–Kier alpha value is -0.860. The Balaban J connectivity index is 2.81. The second-order valence-corrected chi connectivity index (χ2v) is 4.24. The number of hydrogen-bond acceptors (Lipinski definition) is 1. The van der Waals surface area contributed by atoms with Crippen molar-refractivity contribution in [3.05, 3.63) is 30.3 Å². The van der Waals surface area contributed by atoms with Gasteiger partial charge in [0.2, 0.25) is 0 Å². The van der Waals surface area contributed by atoms with Gasteiger partial charge in [0.25, 0.3) is 0 Å². The highest BCUT2D eigenvalue weighted by Crippen LogP contribution is 2.17. The fraction of sp³-hybridized carbons (Fsp3) is 0.455. The number of para-hydroxylation sites is 1. The molecule has 13 heavy (non-hydrogen) atoms. The molecule has 1 aromatic rings. The van der Waals surface area contributed by atoms with Crippen molar-refractivity contribution in [2.45, 2.75) is 0 Å². The number of rotatable bonds is 3. The summed E-state index contributed by atoms with van der Waals surface area (Å²) >= 11 is 0. The Morgan fingerprint density at radius 3 is 2.08 bits per heavy atom. The molecule has 0 N–H and O–H groups in total. The Morgan fingerprint density at radius 2 is 1.62 bits per heavy atom. The van der Waals surface area contributed by atoms with Gasteiger partial charge in [-0.3, -0.25) is 9.38 Å². The van der Waals surface area contributed by atoms with Gasteiger partial charge in [-0.25, -0.2) is 0 Å². The van der Waals surface area contributed by atoms with Crippen molar-refractivity contribution in [1.29, 1.82) is 0 Å². The van der Waals surface area contributed by atoms with Gasteiger partial charge in [0.15, 0.2) is 0 Å². The highest BCUT2D eigenvalue weighted by molar-refractivity contribution is 5.40. The van der Waals surface area contributed by atoms with Crippen LogP contribution in [0.3, 0.4) is 0 Å². The van der Waals surface area contributed by atoms with E-state index in [2.05, 4.69) is 63.4 Å². The van der Waals surface area contributed by atoms with Crippen molar-refractivity contribution in [3.8, 4) is 0 Å². The lowest BCUT2D eigenvalue weighted by atomic mass is 10.3. The maximum Gasteiger partial charge on any atom is 0.138 e. The summed E-state index contributed by atoms with van der Waals surface area (Å²) in [6.07, 6.45) is 0. The molecule has 0 spiro atoms. The van der Waals surface area contributed by atoms with E-state index in [0.29, 0.717) is 0 Å². The van der Waals surface area contributed by atoms with E-state index in [0.717, 1.165) is 11.2 Å². The van der Waals surface area contributed by atoms with Crippen LogP contribution >= 0.6 is 0 Å². The van der Waals surface area contributed by atoms with Crippen molar-refractivity contribution < 1.29 is 0 Å². The molecule has 0 saturated carbocycles. The third kappa shape index (κ3) is 2.83. The van der Waals surface area contributed by atoms with Crippen molar-refractivity contribution in [3.63, 3.8) is 0 Å². The lowest BCUT2D eigenvalue weighted by Gasteiger charge is -2.31. The zero-order valence-corrected chi connectivity index (χ0v) is 8.99. The van der Waals surface area contributed by atoms with Crippen molar-refractivity contribution >= 4 is 5.69 Å². The molecule has 2 heteroatoms. The third-order valence-corrected chi connectivity index (χ3v) is 2.09. The minimum atomic E-state index is 0.897. The first-order chi connectivity index (χ1) is 6.02. The fourth-order valence-electron chi connectivity index (χ4n) is 1.62. The topological polar surface area (TPSA) is 3.24 Å². The highest BCUT2D eigenvalue weighted by Gasteiger charge is 2.18. The molecule has 1 rings (SSSR count). The summed E-state index contributed by atoms with van der Waals surface area (Å²) in [4.78, 5) is 2.20. The average Bonchev–Trinajstić information content (AvgIpc) is 2.04. The molecule has 0 bridgehead atoms. The minimum absolute atomic E-state index is 0.897. The number of nitrogens with zero attached hydrogens (tertiary/aromatic N) is 2. The lowest BCUT2D eigenvalue weighted by Crippen LogP contribution is -2.47.